The maximum Gasteiger partial charge on any atom is 0.412 e. The smallest absolute Gasteiger partial charge is 0.412 e. The fraction of sp³-hybridized carbons (Fsp3) is 0.667. The number of rotatable bonds is 8. The Hall–Kier alpha value is -2.04. The summed E-state index contributed by atoms with van der Waals surface area (Å²) in [5, 5.41) is 8.98. The van der Waals surface area contributed by atoms with Gasteiger partial charge in [-0.2, -0.15) is 4.98 Å². The predicted octanol–water partition coefficient (Wildman–Crippen LogP) is 0.760. The van der Waals surface area contributed by atoms with E-state index in [0.717, 1.165) is 12.8 Å². The zero-order chi connectivity index (χ0) is 20.8. The van der Waals surface area contributed by atoms with Gasteiger partial charge in [0.05, 0.1) is 18.9 Å². The number of nitrogens with one attached hydrogen (secondary N) is 1. The Kier molecular flexibility index (Phi) is 5.10. The summed E-state index contributed by atoms with van der Waals surface area (Å²) in [5.41, 5.74) is -1.04. The molecule has 1 fully saturated rings. The lowest BCUT2D eigenvalue weighted by molar-refractivity contribution is -0.0355. The molecular weight excluding hydrogens is 337 g/mol. The van der Waals surface area contributed by atoms with Crippen molar-refractivity contribution in [3.05, 3.63) is 22.5 Å². The van der Waals surface area contributed by atoms with Crippen molar-refractivity contribution in [1.29, 1.82) is 2.86 Å². The second-order valence-electron chi connectivity index (χ2n) is 5.70. The largest absolute Gasteiger partial charge is 0.449 e. The number of halogens is 1. The molecule has 1 aromatic rings. The minimum absolute atomic E-state index is 0.0549. The summed E-state index contributed by atoms with van der Waals surface area (Å²) in [5.74, 6) is -1.99. The van der Waals surface area contributed by atoms with E-state index in [0.29, 0.717) is 17.2 Å². The second kappa shape index (κ2) is 8.37. The second-order valence-corrected chi connectivity index (χ2v) is 5.70. The first-order valence-corrected chi connectivity index (χ1v) is 7.99. The average molecular weight is 362 g/mol. The van der Waals surface area contributed by atoms with Gasteiger partial charge in [-0.15, -0.1) is 0 Å². The Bertz CT molecular complexity index is 739. The van der Waals surface area contributed by atoms with Crippen LogP contribution in [0.15, 0.2) is 11.0 Å². The number of ether oxygens (including phenoxy) is 2. The number of anilines is 1. The lowest BCUT2D eigenvalue weighted by Crippen LogP contribution is -2.36. The van der Waals surface area contributed by atoms with Crippen LogP contribution >= 0.6 is 0 Å². The maximum atomic E-state index is 14.4. The normalized spacial score (nSPS) is 27.4. The molecule has 0 aliphatic carbocycles. The van der Waals surface area contributed by atoms with Gasteiger partial charge in [0, 0.05) is 0 Å². The number of amides is 1. The van der Waals surface area contributed by atoms with Gasteiger partial charge in [0.2, 0.25) is 2.86 Å². The van der Waals surface area contributed by atoms with E-state index in [2.05, 4.69) is 15.2 Å². The van der Waals surface area contributed by atoms with Crippen molar-refractivity contribution in [2.45, 2.75) is 57.6 Å². The number of hydrogen-bond donors (Lipinski definition) is 3. The lowest BCUT2D eigenvalue weighted by Gasteiger charge is -2.17. The molecular formula is C15H22FN3O6. The minimum atomic E-state index is -1.27. The van der Waals surface area contributed by atoms with Gasteiger partial charge in [0.15, 0.2) is 19.3 Å². The van der Waals surface area contributed by atoms with E-state index in [-0.39, 0.29) is 11.9 Å². The summed E-state index contributed by atoms with van der Waals surface area (Å²) >= 11 is 0. The molecule has 2 rings (SSSR count). The topological polar surface area (TPSA) is 123 Å². The Balaban J connectivity index is 2.21. The van der Waals surface area contributed by atoms with Gasteiger partial charge in [0.25, 0.3) is 0 Å². The molecule has 140 valence electrons. The number of unbranched alkanes of at least 4 members (excludes halogenated alkanes) is 2. The summed E-state index contributed by atoms with van der Waals surface area (Å²) in [6.07, 6.45) is -2.30. The predicted molar refractivity (Wildman–Crippen MR) is 84.5 cm³/mol. The zero-order valence-electron chi connectivity index (χ0n) is 16.9. The summed E-state index contributed by atoms with van der Waals surface area (Å²) in [6.45, 7) is 3.57. The summed E-state index contributed by atoms with van der Waals surface area (Å²) in [6, 6.07) is 0. The van der Waals surface area contributed by atoms with Crippen LogP contribution < -0.4 is 11.0 Å². The molecule has 9 nitrogen and oxygen atoms in total. The van der Waals surface area contributed by atoms with Crippen LogP contribution in [0.3, 0.4) is 0 Å². The van der Waals surface area contributed by atoms with Crippen LogP contribution in [0, 0.1) is 5.82 Å². The van der Waals surface area contributed by atoms with Crippen LogP contribution in [0.1, 0.15) is 39.3 Å². The maximum absolute atomic E-state index is 14.4. The van der Waals surface area contributed by atoms with E-state index in [1.54, 1.807) is 0 Å². The van der Waals surface area contributed by atoms with Gasteiger partial charge in [-0.3, -0.25) is 9.88 Å². The number of nitrogens with zero attached hydrogens (tertiary/aromatic N) is 2. The monoisotopic (exact) mass is 362 g/mol. The van der Waals surface area contributed by atoms with Gasteiger partial charge < -0.3 is 19.7 Å². The van der Waals surface area contributed by atoms with Crippen molar-refractivity contribution in [3.8, 4) is 0 Å². The fourth-order valence-corrected chi connectivity index (χ4v) is 2.36. The molecule has 3 N–H and O–H groups in total. The van der Waals surface area contributed by atoms with Gasteiger partial charge >= 0.3 is 11.8 Å². The quantitative estimate of drug-likeness (QED) is 0.583. The average Bonchev–Trinajstić information content (AvgIpc) is 3.00. The van der Waals surface area contributed by atoms with Crippen molar-refractivity contribution < 1.29 is 30.3 Å². The highest BCUT2D eigenvalue weighted by molar-refractivity contribution is 5.83. The molecule has 0 spiro atoms. The molecule has 10 heteroatoms. The van der Waals surface area contributed by atoms with Crippen LogP contribution in [0.4, 0.5) is 15.0 Å². The number of aliphatic hydroxyl groups is 2. The molecule has 0 saturated carbocycles. The highest BCUT2D eigenvalue weighted by atomic mass is 19.1. The van der Waals surface area contributed by atoms with E-state index in [1.165, 1.54) is 6.92 Å². The summed E-state index contributed by atoms with van der Waals surface area (Å²) in [7, 11) is 0. The first-order chi connectivity index (χ1) is 13.3. The third-order valence-corrected chi connectivity index (χ3v) is 3.75. The van der Waals surface area contributed by atoms with Crippen molar-refractivity contribution in [2.75, 3.05) is 11.9 Å². The van der Waals surface area contributed by atoms with Gasteiger partial charge in [-0.05, 0) is 13.3 Å². The Labute approximate surface area is 147 Å². The van der Waals surface area contributed by atoms with Crippen molar-refractivity contribution in [2.24, 2.45) is 0 Å². The van der Waals surface area contributed by atoms with E-state index < -0.39 is 48.0 Å². The number of carbonyl (C=O) groups is 1. The van der Waals surface area contributed by atoms with E-state index in [9.17, 15) is 14.0 Å². The van der Waals surface area contributed by atoms with Crippen molar-refractivity contribution >= 4 is 11.9 Å². The molecule has 4 atom stereocenters. The van der Waals surface area contributed by atoms with E-state index in [4.69, 9.17) is 13.7 Å². The van der Waals surface area contributed by atoms with Gasteiger partial charge in [-0.1, -0.05) is 19.8 Å². The highest BCUT2D eigenvalue weighted by Crippen LogP contribution is 2.28. The van der Waals surface area contributed by atoms with Gasteiger partial charge in [-0.25, -0.2) is 14.0 Å². The number of aliphatic hydroxyl groups excluding tert-OH is 2. The number of hydrogen-bond acceptors (Lipinski definition) is 7. The summed E-state index contributed by atoms with van der Waals surface area (Å²) in [4.78, 5) is 27.5. The molecule has 1 saturated heterocycles. The molecule has 1 aliphatic heterocycles. The Morgan fingerprint density at radius 2 is 2.32 bits per heavy atom. The molecule has 0 aromatic carbocycles. The molecule has 0 unspecified atom stereocenters. The molecule has 0 radical (unpaired) electrons. The Morgan fingerprint density at radius 1 is 1.56 bits per heavy atom. The molecule has 25 heavy (non-hydrogen) atoms. The van der Waals surface area contributed by atoms with Gasteiger partial charge in [0.1, 0.15) is 12.2 Å². The first-order valence-electron chi connectivity index (χ1n) is 9.25. The van der Waals surface area contributed by atoms with Crippen LogP contribution in [0.25, 0.3) is 0 Å². The van der Waals surface area contributed by atoms with Crippen LogP contribution in [0.2, 0.25) is 1.41 Å². The minimum Gasteiger partial charge on any atom is -0.449 e. The molecule has 2 heterocycles. The number of carbonyl (C=O) groups excluding carboxylic acids is 1. The van der Waals surface area contributed by atoms with E-state index in [1.807, 2.05) is 6.92 Å². The first kappa shape index (κ1) is 15.2. The van der Waals surface area contributed by atoms with Crippen molar-refractivity contribution in [3.63, 3.8) is 0 Å². The highest BCUT2D eigenvalue weighted by Gasteiger charge is 2.42. The molecule has 1 amide bonds. The number of aromatic nitrogens is 2. The lowest BCUT2D eigenvalue weighted by atomic mass is 10.1. The fourth-order valence-electron chi connectivity index (χ4n) is 2.36. The SMILES string of the molecule is [2H]O[C@@H]1[C@H](O[2H])[C@@H](C)O[C@H]1n1cc(F)c(N([2H])C(=O)OCCCCC)nc1=O. The van der Waals surface area contributed by atoms with Crippen LogP contribution in [0.5, 0.6) is 0 Å². The summed E-state index contributed by atoms with van der Waals surface area (Å²) < 4.78 is 47.2. The third-order valence-electron chi connectivity index (χ3n) is 3.75. The standard InChI is InChI=1S/C15H22FN3O6/c1-3-4-5-6-24-15(23)18-12-9(16)7-19(14(22)17-12)13-11(21)10(20)8(2)25-13/h7-8,10-11,13,20-21H,3-6H2,1-2H3,(H,17,18,22,23)/t8-,10-,11-,13-/m1/s1/i20D,21D/hD. The zero-order valence-corrected chi connectivity index (χ0v) is 13.9. The molecule has 0 bridgehead atoms. The van der Waals surface area contributed by atoms with Crippen molar-refractivity contribution in [1.82, 2.24) is 9.55 Å². The molecule has 1 aromatic heterocycles. The van der Waals surface area contributed by atoms with Crippen LogP contribution in [-0.2, 0) is 9.47 Å². The molecule has 1 aliphatic rings. The third kappa shape index (κ3) is 4.53. The Morgan fingerprint density at radius 3 is 3.00 bits per heavy atom. The van der Waals surface area contributed by atoms with Crippen LogP contribution in [-0.4, -0.2) is 53.6 Å². The van der Waals surface area contributed by atoms with E-state index >= 15 is 0 Å².